The Morgan fingerprint density at radius 1 is 1.09 bits per heavy atom. The second-order valence-electron chi connectivity index (χ2n) is 7.67. The molecule has 32 heavy (non-hydrogen) atoms. The van der Waals surface area contributed by atoms with Gasteiger partial charge in [0.05, 0.1) is 42.8 Å². The summed E-state index contributed by atoms with van der Waals surface area (Å²) in [7, 11) is -3.66. The van der Waals surface area contributed by atoms with Crippen molar-refractivity contribution in [2.45, 2.75) is 24.7 Å². The van der Waals surface area contributed by atoms with Gasteiger partial charge >= 0.3 is 0 Å². The van der Waals surface area contributed by atoms with Gasteiger partial charge in [0.2, 0.25) is 15.9 Å². The number of carbonyl (C=O) groups is 1. The Morgan fingerprint density at radius 2 is 1.84 bits per heavy atom. The predicted molar refractivity (Wildman–Crippen MR) is 120 cm³/mol. The van der Waals surface area contributed by atoms with E-state index in [2.05, 4.69) is 5.32 Å². The van der Waals surface area contributed by atoms with Crippen LogP contribution in [0.4, 0.5) is 5.69 Å². The molecule has 0 aromatic heterocycles. The SMILES string of the molecule is Cc1ccc(S(=O)(=O)N2CCOCC2)cc1NC(=O)Cc1cc(Cl)c2c(c1)OCCCO2. The molecule has 1 amide bonds. The Hall–Kier alpha value is -2.33. The predicted octanol–water partition coefficient (Wildman–Crippen LogP) is 3.01. The summed E-state index contributed by atoms with van der Waals surface area (Å²) in [5.74, 6) is 0.720. The molecule has 1 N–H and O–H groups in total. The number of aryl methyl sites for hydroxylation is 1. The molecule has 0 atom stereocenters. The van der Waals surface area contributed by atoms with Crippen molar-refractivity contribution in [3.05, 3.63) is 46.5 Å². The van der Waals surface area contributed by atoms with Gasteiger partial charge in [0.25, 0.3) is 0 Å². The third kappa shape index (κ3) is 5.01. The highest BCUT2D eigenvalue weighted by Crippen LogP contribution is 2.38. The maximum absolute atomic E-state index is 12.9. The van der Waals surface area contributed by atoms with Crippen molar-refractivity contribution in [1.29, 1.82) is 0 Å². The molecular formula is C22H25ClN2O6S. The number of carbonyl (C=O) groups excluding carboxylic acids is 1. The van der Waals surface area contributed by atoms with Crippen LogP contribution in [0.5, 0.6) is 11.5 Å². The van der Waals surface area contributed by atoms with E-state index in [1.54, 1.807) is 24.3 Å². The second kappa shape index (κ2) is 9.66. The van der Waals surface area contributed by atoms with Gasteiger partial charge in [-0.15, -0.1) is 0 Å². The summed E-state index contributed by atoms with van der Waals surface area (Å²) in [6.07, 6.45) is 0.806. The lowest BCUT2D eigenvalue weighted by molar-refractivity contribution is -0.115. The van der Waals surface area contributed by atoms with E-state index in [0.29, 0.717) is 67.3 Å². The van der Waals surface area contributed by atoms with E-state index in [1.165, 1.54) is 10.4 Å². The molecule has 4 rings (SSSR count). The molecule has 0 bridgehead atoms. The largest absolute Gasteiger partial charge is 0.489 e. The zero-order valence-corrected chi connectivity index (χ0v) is 19.3. The lowest BCUT2D eigenvalue weighted by Gasteiger charge is -2.26. The molecule has 2 aromatic rings. The van der Waals surface area contributed by atoms with Crippen LogP contribution in [-0.4, -0.2) is 58.1 Å². The third-order valence-electron chi connectivity index (χ3n) is 5.32. The van der Waals surface area contributed by atoms with Crippen LogP contribution in [0.2, 0.25) is 5.02 Å². The first kappa shape index (κ1) is 22.8. The minimum atomic E-state index is -3.66. The van der Waals surface area contributed by atoms with Crippen LogP contribution < -0.4 is 14.8 Å². The molecule has 0 saturated carbocycles. The summed E-state index contributed by atoms with van der Waals surface area (Å²) in [6, 6.07) is 8.17. The molecule has 8 nitrogen and oxygen atoms in total. The molecule has 2 heterocycles. The number of amides is 1. The number of morpholine rings is 1. The van der Waals surface area contributed by atoms with Gasteiger partial charge in [0.1, 0.15) is 0 Å². The molecule has 0 radical (unpaired) electrons. The maximum atomic E-state index is 12.9. The molecule has 0 unspecified atom stereocenters. The van der Waals surface area contributed by atoms with Gasteiger partial charge in [0, 0.05) is 25.2 Å². The Balaban J connectivity index is 1.51. The Morgan fingerprint density at radius 3 is 2.62 bits per heavy atom. The summed E-state index contributed by atoms with van der Waals surface area (Å²) in [6.45, 7) is 4.20. The minimum absolute atomic E-state index is 0.0518. The Labute approximate surface area is 192 Å². The number of ether oxygens (including phenoxy) is 3. The molecule has 2 aromatic carbocycles. The molecule has 1 fully saturated rings. The average Bonchev–Trinajstić information content (AvgIpc) is 3.01. The average molecular weight is 481 g/mol. The number of anilines is 1. The van der Waals surface area contributed by atoms with Crippen molar-refractivity contribution < 1.29 is 27.4 Å². The fourth-order valence-electron chi connectivity index (χ4n) is 3.60. The molecule has 2 aliphatic heterocycles. The van der Waals surface area contributed by atoms with Gasteiger partial charge in [-0.2, -0.15) is 4.31 Å². The lowest BCUT2D eigenvalue weighted by Crippen LogP contribution is -2.40. The highest BCUT2D eigenvalue weighted by atomic mass is 35.5. The standard InChI is InChI=1S/C22H25ClN2O6S/c1-15-3-4-17(32(27,28)25-5-9-29-10-6-25)14-19(15)24-21(26)13-16-11-18(23)22-20(12-16)30-7-2-8-31-22/h3-4,11-12,14H,2,5-10,13H2,1H3,(H,24,26). The Bertz CT molecular complexity index is 1120. The van der Waals surface area contributed by atoms with Gasteiger partial charge in [-0.05, 0) is 42.3 Å². The number of hydrogen-bond donors (Lipinski definition) is 1. The Kier molecular flexibility index (Phi) is 6.90. The summed E-state index contributed by atoms with van der Waals surface area (Å²) in [5.41, 5.74) is 1.88. The van der Waals surface area contributed by atoms with Crippen molar-refractivity contribution in [1.82, 2.24) is 4.31 Å². The molecule has 10 heteroatoms. The first-order chi connectivity index (χ1) is 15.3. The van der Waals surface area contributed by atoms with Crippen LogP contribution in [0.3, 0.4) is 0 Å². The number of fused-ring (bicyclic) bond motifs is 1. The monoisotopic (exact) mass is 480 g/mol. The van der Waals surface area contributed by atoms with Crippen molar-refractivity contribution in [3.63, 3.8) is 0 Å². The van der Waals surface area contributed by atoms with Gasteiger partial charge in [-0.3, -0.25) is 4.79 Å². The van der Waals surface area contributed by atoms with Crippen molar-refractivity contribution in [3.8, 4) is 11.5 Å². The maximum Gasteiger partial charge on any atom is 0.243 e. The third-order valence-corrected chi connectivity index (χ3v) is 7.49. The van der Waals surface area contributed by atoms with Crippen LogP contribution >= 0.6 is 11.6 Å². The lowest BCUT2D eigenvalue weighted by atomic mass is 10.1. The fraction of sp³-hybridized carbons (Fsp3) is 0.409. The zero-order chi connectivity index (χ0) is 22.7. The van der Waals surface area contributed by atoms with Crippen LogP contribution in [0.25, 0.3) is 0 Å². The van der Waals surface area contributed by atoms with E-state index >= 15 is 0 Å². The number of sulfonamides is 1. The van der Waals surface area contributed by atoms with Crippen molar-refractivity contribution >= 4 is 33.2 Å². The quantitative estimate of drug-likeness (QED) is 0.707. The van der Waals surface area contributed by atoms with Crippen LogP contribution in [0.1, 0.15) is 17.5 Å². The number of rotatable bonds is 5. The van der Waals surface area contributed by atoms with E-state index in [-0.39, 0.29) is 17.2 Å². The summed E-state index contributed by atoms with van der Waals surface area (Å²) in [4.78, 5) is 12.9. The molecule has 0 aliphatic carbocycles. The number of nitrogens with zero attached hydrogens (tertiary/aromatic N) is 1. The molecule has 1 saturated heterocycles. The summed E-state index contributed by atoms with van der Waals surface area (Å²) >= 11 is 6.32. The van der Waals surface area contributed by atoms with Crippen LogP contribution in [-0.2, 0) is 26.0 Å². The van der Waals surface area contributed by atoms with E-state index in [0.717, 1.165) is 12.0 Å². The molecule has 0 spiro atoms. The minimum Gasteiger partial charge on any atom is -0.489 e. The molecular weight excluding hydrogens is 456 g/mol. The highest BCUT2D eigenvalue weighted by Gasteiger charge is 2.27. The van der Waals surface area contributed by atoms with E-state index < -0.39 is 10.0 Å². The van der Waals surface area contributed by atoms with Crippen molar-refractivity contribution in [2.75, 3.05) is 44.8 Å². The number of hydrogen-bond acceptors (Lipinski definition) is 6. The van der Waals surface area contributed by atoms with E-state index in [9.17, 15) is 13.2 Å². The van der Waals surface area contributed by atoms with Gasteiger partial charge in [0.15, 0.2) is 11.5 Å². The van der Waals surface area contributed by atoms with Crippen LogP contribution in [0, 0.1) is 6.92 Å². The zero-order valence-electron chi connectivity index (χ0n) is 17.7. The fourth-order valence-corrected chi connectivity index (χ4v) is 5.32. The van der Waals surface area contributed by atoms with Gasteiger partial charge in [-0.1, -0.05) is 17.7 Å². The molecule has 172 valence electrons. The van der Waals surface area contributed by atoms with Gasteiger partial charge < -0.3 is 19.5 Å². The number of halogens is 1. The van der Waals surface area contributed by atoms with E-state index in [1.807, 2.05) is 6.92 Å². The topological polar surface area (TPSA) is 94.2 Å². The first-order valence-corrected chi connectivity index (χ1v) is 12.2. The van der Waals surface area contributed by atoms with Gasteiger partial charge in [-0.25, -0.2) is 8.42 Å². The summed E-state index contributed by atoms with van der Waals surface area (Å²) in [5, 5.41) is 3.21. The smallest absolute Gasteiger partial charge is 0.243 e. The van der Waals surface area contributed by atoms with Crippen LogP contribution in [0.15, 0.2) is 35.2 Å². The highest BCUT2D eigenvalue weighted by molar-refractivity contribution is 7.89. The number of nitrogens with one attached hydrogen (secondary N) is 1. The second-order valence-corrected chi connectivity index (χ2v) is 10.0. The number of benzene rings is 2. The normalized spacial score (nSPS) is 16.9. The first-order valence-electron chi connectivity index (χ1n) is 10.4. The van der Waals surface area contributed by atoms with Crippen molar-refractivity contribution in [2.24, 2.45) is 0 Å². The van der Waals surface area contributed by atoms with E-state index in [4.69, 9.17) is 25.8 Å². The summed E-state index contributed by atoms with van der Waals surface area (Å²) < 4.78 is 43.8. The molecule has 2 aliphatic rings.